The van der Waals surface area contributed by atoms with Crippen molar-refractivity contribution < 1.29 is 38.7 Å². The number of carbonyl (C=O) groups is 2. The molecule has 0 amide bonds. The number of methoxy groups -OCH3 is 1. The number of benzene rings is 4. The number of hydrogen-bond acceptors (Lipinski definition) is 14. The molecule has 13 rings (SSSR count). The number of rotatable bonds is 9. The van der Waals surface area contributed by atoms with Crippen LogP contribution < -0.4 is 35.9 Å². The molecule has 6 bridgehead atoms. The van der Waals surface area contributed by atoms with E-state index in [1.54, 1.807) is 13.2 Å². The van der Waals surface area contributed by atoms with E-state index < -0.39 is 23.6 Å². The molecule has 0 aromatic heterocycles. The van der Waals surface area contributed by atoms with Crippen molar-refractivity contribution in [1.82, 2.24) is 16.0 Å². The number of carbonyl (C=O) groups excluding carboxylic acids is 2. The predicted octanol–water partition coefficient (Wildman–Crippen LogP) is 10.9. The number of hydrogen-bond donors (Lipinski definition) is 6. The first kappa shape index (κ1) is 53.5. The fourth-order valence-corrected chi connectivity index (χ4v) is 18.1. The Morgan fingerprint density at radius 3 is 2.66 bits per heavy atom. The van der Waals surface area contributed by atoms with E-state index in [9.17, 15) is 19.8 Å². The molecule has 4 fully saturated rings. The normalized spacial score (nSPS) is 29.2. The van der Waals surface area contributed by atoms with Gasteiger partial charge in [-0.05, 0) is 134 Å². The van der Waals surface area contributed by atoms with Crippen LogP contribution in [0, 0.1) is 29.6 Å². The number of fused-ring (bicyclic) bond motifs is 11. The molecule has 12 nitrogen and oxygen atoms in total. The fourth-order valence-electron chi connectivity index (χ4n) is 15.4. The van der Waals surface area contributed by atoms with E-state index in [-0.39, 0.29) is 66.3 Å². The summed E-state index contributed by atoms with van der Waals surface area (Å²) in [7, 11) is 5.45. The number of nitrogens with one attached hydrogen (secondary N) is 3. The number of dihydropyridines is 1. The number of phenols is 2. The van der Waals surface area contributed by atoms with Crippen LogP contribution in [0.2, 0.25) is 0 Å². The van der Waals surface area contributed by atoms with Gasteiger partial charge in [0.1, 0.15) is 41.8 Å². The lowest BCUT2D eigenvalue weighted by molar-refractivity contribution is -0.142. The topological polar surface area (TPSA) is 174 Å². The summed E-state index contributed by atoms with van der Waals surface area (Å²) in [6.07, 6.45) is 19.8. The summed E-state index contributed by atoms with van der Waals surface area (Å²) in [4.78, 5) is 25.7. The molecule has 418 valence electrons. The highest BCUT2D eigenvalue weighted by Crippen LogP contribution is 2.64. The summed E-state index contributed by atoms with van der Waals surface area (Å²) in [6, 6.07) is 19.0. The Hall–Kier alpha value is -5.82. The van der Waals surface area contributed by atoms with E-state index in [4.69, 9.17) is 24.7 Å². The van der Waals surface area contributed by atoms with Crippen molar-refractivity contribution in [2.75, 3.05) is 25.2 Å². The van der Waals surface area contributed by atoms with Gasteiger partial charge < -0.3 is 50.8 Å². The first-order chi connectivity index (χ1) is 39.0. The minimum absolute atomic E-state index is 0.0552. The van der Waals surface area contributed by atoms with Crippen LogP contribution in [0.3, 0.4) is 0 Å². The van der Waals surface area contributed by atoms with Gasteiger partial charge in [-0.1, -0.05) is 94.6 Å². The monoisotopic (exact) mass is 1110 g/mol. The third-order valence-corrected chi connectivity index (χ3v) is 21.8. The molecule has 0 radical (unpaired) electrons. The third kappa shape index (κ3) is 10.2. The molecule has 5 heterocycles. The Bertz CT molecular complexity index is 3250. The molecule has 4 aliphatic carbocycles. The third-order valence-electron chi connectivity index (χ3n) is 19.2. The molecule has 4 aromatic carbocycles. The standard InChI is InChI=1S/C66H74N4O8S2/c1-37(71)76-34-53-49-20-21-50-59-41(29-45(73)30-56(59)75-2)32-66-27-26-40(31-66)46(19-14-38-8-4-3-5-9-38)47-23-25-58(67)70-54(47)13-7-12-48-52(33-68-42-15-17-44(72)18-16-42)62(74)65-51(60(48)63(53)78-64(49)61(50)66)22-24-55-57(77-65)36-80-79-35-39-10-6-11-43(28-39)69-55/h3-5,8-9,20-25,29-30,39-40,42-43,46,53,55,57-58,63,68-70,73-74H,6,10-12,14-19,26-28,31-36,67H2,1-2H3. The first-order valence-electron chi connectivity index (χ1n) is 29.4. The molecule has 1 spiro atoms. The van der Waals surface area contributed by atoms with Gasteiger partial charge in [0, 0.05) is 101 Å². The number of ether oxygens (including phenoxy) is 4. The van der Waals surface area contributed by atoms with Crippen LogP contribution in [0.1, 0.15) is 141 Å². The largest absolute Gasteiger partial charge is 0.508 e. The molecular formula is C66H74N4O8S2. The lowest BCUT2D eigenvalue weighted by atomic mass is 9.64. The van der Waals surface area contributed by atoms with Crippen molar-refractivity contribution >= 4 is 39.4 Å². The molecule has 10 atom stereocenters. The van der Waals surface area contributed by atoms with Crippen LogP contribution in [-0.4, -0.2) is 77.6 Å². The Balaban J connectivity index is 1.06. The van der Waals surface area contributed by atoms with Crippen molar-refractivity contribution in [3.8, 4) is 51.7 Å². The number of nitrogens with two attached hydrogens (primary N) is 1. The molecule has 9 aliphatic rings. The first-order valence-corrected chi connectivity index (χ1v) is 31.9. The zero-order chi connectivity index (χ0) is 54.6. The molecule has 14 heteroatoms. The minimum atomic E-state index is -0.713. The molecule has 80 heavy (non-hydrogen) atoms. The van der Waals surface area contributed by atoms with Crippen molar-refractivity contribution in [3.05, 3.63) is 129 Å². The second-order valence-corrected chi connectivity index (χ2v) is 26.7. The van der Waals surface area contributed by atoms with E-state index in [1.807, 2.05) is 27.7 Å². The molecule has 4 aromatic rings. The number of ketones is 1. The second kappa shape index (κ2) is 22.5. The van der Waals surface area contributed by atoms with Crippen molar-refractivity contribution in [2.45, 2.75) is 158 Å². The number of aryl methyl sites for hydroxylation is 1. The maximum absolute atomic E-state index is 13.2. The van der Waals surface area contributed by atoms with Crippen molar-refractivity contribution in [3.63, 3.8) is 0 Å². The SMILES string of the molecule is COc1cc(O)cc2c1-c1ccc3c4c1C1(CCC(C1)C(CCc1ccccc1)C1=C(C#CCc5c(CNC6CCC(=O)CC6)c(O)c6c(c5C(O4)C3COC(C)=O)C=CC3NC4CCCC(CSSCC3O6)C4)NC(N)C=C1)C2. The number of Topliss-reactive ketones (excluding diaryl/α,β-unsaturated/α-hetero) is 1. The fraction of sp³-hybridized carbons (Fsp3) is 0.485. The van der Waals surface area contributed by atoms with Gasteiger partial charge in [0.2, 0.25) is 0 Å². The highest BCUT2D eigenvalue weighted by molar-refractivity contribution is 8.76. The summed E-state index contributed by atoms with van der Waals surface area (Å²) >= 11 is 0. The van der Waals surface area contributed by atoms with E-state index in [0.717, 1.165) is 112 Å². The lowest BCUT2D eigenvalue weighted by Crippen LogP contribution is -2.49. The number of aromatic hydroxyl groups is 2. The van der Waals surface area contributed by atoms with Crippen LogP contribution in [0.5, 0.6) is 28.7 Å². The summed E-state index contributed by atoms with van der Waals surface area (Å²) in [5, 5.41) is 36.1. The average Bonchev–Trinajstić information content (AvgIpc) is 4.16. The Morgan fingerprint density at radius 1 is 0.975 bits per heavy atom. The summed E-state index contributed by atoms with van der Waals surface area (Å²) in [6.45, 7) is 1.82. The van der Waals surface area contributed by atoms with E-state index >= 15 is 0 Å². The predicted molar refractivity (Wildman–Crippen MR) is 316 cm³/mol. The molecule has 5 aliphatic heterocycles. The average molecular weight is 1120 g/mol. The van der Waals surface area contributed by atoms with Crippen LogP contribution in [-0.2, 0) is 45.5 Å². The maximum Gasteiger partial charge on any atom is 0.302 e. The zero-order valence-electron chi connectivity index (χ0n) is 46.0. The summed E-state index contributed by atoms with van der Waals surface area (Å²) < 4.78 is 27.6. The second-order valence-electron chi connectivity index (χ2n) is 24.1. The van der Waals surface area contributed by atoms with Gasteiger partial charge in [0.15, 0.2) is 11.5 Å². The Morgan fingerprint density at radius 2 is 1.82 bits per heavy atom. The smallest absolute Gasteiger partial charge is 0.302 e. The molecule has 3 saturated carbocycles. The van der Waals surface area contributed by atoms with Gasteiger partial charge >= 0.3 is 5.97 Å². The van der Waals surface area contributed by atoms with Crippen LogP contribution in [0.15, 0.2) is 84.1 Å². The van der Waals surface area contributed by atoms with Crippen LogP contribution in [0.25, 0.3) is 17.2 Å². The quantitative estimate of drug-likeness (QED) is 0.0531. The van der Waals surface area contributed by atoms with E-state index in [0.29, 0.717) is 73.4 Å². The summed E-state index contributed by atoms with van der Waals surface area (Å²) in [5.74, 6) is 11.7. The zero-order valence-corrected chi connectivity index (χ0v) is 47.6. The molecule has 1 saturated heterocycles. The van der Waals surface area contributed by atoms with Crippen molar-refractivity contribution in [2.24, 2.45) is 23.5 Å². The number of phenolic OH excluding ortho intramolecular Hbond substituents is 2. The van der Waals surface area contributed by atoms with Gasteiger partial charge in [-0.2, -0.15) is 0 Å². The van der Waals surface area contributed by atoms with Gasteiger partial charge in [-0.3, -0.25) is 9.59 Å². The Kier molecular flexibility index (Phi) is 15.0. The van der Waals surface area contributed by atoms with E-state index in [2.05, 4.69) is 94.6 Å². The molecular weight excluding hydrogens is 1040 g/mol. The highest BCUT2D eigenvalue weighted by atomic mass is 33.1. The van der Waals surface area contributed by atoms with Gasteiger partial charge in [0.05, 0.1) is 30.9 Å². The summed E-state index contributed by atoms with van der Waals surface area (Å²) in [5.41, 5.74) is 17.8. The van der Waals surface area contributed by atoms with Crippen LogP contribution in [0.4, 0.5) is 0 Å². The van der Waals surface area contributed by atoms with E-state index in [1.165, 1.54) is 25.3 Å². The highest BCUT2D eigenvalue weighted by Gasteiger charge is 2.53. The molecule has 10 unspecified atom stereocenters. The van der Waals surface area contributed by atoms with Crippen LogP contribution >= 0.6 is 21.6 Å². The number of esters is 1. The number of allylic oxidation sites excluding steroid dienone is 3. The van der Waals surface area contributed by atoms with Gasteiger partial charge in [0.25, 0.3) is 0 Å². The maximum atomic E-state index is 13.2. The molecule has 7 N–H and O–H groups in total. The van der Waals surface area contributed by atoms with Crippen molar-refractivity contribution in [1.29, 1.82) is 0 Å². The Labute approximate surface area is 478 Å². The van der Waals surface area contributed by atoms with Gasteiger partial charge in [-0.15, -0.1) is 0 Å². The lowest BCUT2D eigenvalue weighted by Gasteiger charge is -2.40. The minimum Gasteiger partial charge on any atom is -0.508 e. The van der Waals surface area contributed by atoms with Gasteiger partial charge in [-0.25, -0.2) is 0 Å².